The zero-order valence-electron chi connectivity index (χ0n) is 19.0. The van der Waals surface area contributed by atoms with Gasteiger partial charge in [-0.25, -0.2) is 9.67 Å². The van der Waals surface area contributed by atoms with Crippen LogP contribution in [0.4, 0.5) is 17.5 Å². The van der Waals surface area contributed by atoms with E-state index >= 15 is 0 Å². The number of ether oxygens (including phenoxy) is 1. The molecule has 5 aromatic rings. The zero-order valence-corrected chi connectivity index (χ0v) is 19.0. The number of benzene rings is 2. The summed E-state index contributed by atoms with van der Waals surface area (Å²) in [6.07, 6.45) is 2.80. The third kappa shape index (κ3) is 3.97. The van der Waals surface area contributed by atoms with Gasteiger partial charge in [-0.2, -0.15) is 4.98 Å². The summed E-state index contributed by atoms with van der Waals surface area (Å²) in [6, 6.07) is 14.6. The number of anilines is 3. The minimum absolute atomic E-state index is 0.0394. The molecule has 1 aliphatic rings. The summed E-state index contributed by atoms with van der Waals surface area (Å²) in [5.41, 5.74) is 2.80. The largest absolute Gasteiger partial charge is 0.423 e. The topological polar surface area (TPSA) is 145 Å². The smallest absolute Gasteiger partial charge is 0.274 e. The van der Waals surface area contributed by atoms with Crippen molar-refractivity contribution in [3.8, 4) is 11.5 Å². The van der Waals surface area contributed by atoms with Crippen LogP contribution in [-0.2, 0) is 18.0 Å². The van der Waals surface area contributed by atoms with Gasteiger partial charge in [0, 0.05) is 11.9 Å². The van der Waals surface area contributed by atoms with Gasteiger partial charge in [-0.3, -0.25) is 9.48 Å². The van der Waals surface area contributed by atoms with E-state index in [1.165, 1.54) is 6.39 Å². The van der Waals surface area contributed by atoms with Crippen molar-refractivity contribution in [2.24, 2.45) is 0 Å². The second-order valence-electron chi connectivity index (χ2n) is 8.21. The van der Waals surface area contributed by atoms with Crippen molar-refractivity contribution in [1.82, 2.24) is 29.5 Å². The highest BCUT2D eigenvalue weighted by atomic mass is 16.5. The Bertz CT molecular complexity index is 1560. The molecule has 4 heterocycles. The third-order valence-electron chi connectivity index (χ3n) is 6.02. The molecule has 1 aliphatic heterocycles. The number of aliphatic hydroxyl groups excluding tert-OH is 1. The van der Waals surface area contributed by atoms with Crippen LogP contribution in [-0.4, -0.2) is 47.8 Å². The maximum atomic E-state index is 12.7. The Balaban J connectivity index is 1.35. The van der Waals surface area contributed by atoms with Crippen molar-refractivity contribution in [2.75, 3.05) is 23.8 Å². The number of hydrogen-bond acceptors (Lipinski definition) is 10. The second-order valence-corrected chi connectivity index (χ2v) is 8.21. The molecule has 0 saturated heterocycles. The summed E-state index contributed by atoms with van der Waals surface area (Å²) in [5.74, 6) is 0.961. The Hall–Kier alpha value is -4.55. The summed E-state index contributed by atoms with van der Waals surface area (Å²) < 4.78 is 14.4. The van der Waals surface area contributed by atoms with Crippen LogP contribution in [0.25, 0.3) is 22.4 Å². The van der Waals surface area contributed by atoms with Gasteiger partial charge in [-0.05, 0) is 23.8 Å². The Morgan fingerprint density at radius 3 is 2.83 bits per heavy atom. The molecular formula is C24H22N8O4. The number of nitrogens with zero attached hydrogens (tertiary/aromatic N) is 6. The number of hydrogen-bond donors (Lipinski definition) is 3. The molecule has 182 valence electrons. The first-order valence-corrected chi connectivity index (χ1v) is 11.4. The number of rotatable bonds is 7. The fraction of sp³-hybridized carbons (Fsp3) is 0.208. The summed E-state index contributed by atoms with van der Waals surface area (Å²) in [6.45, 7) is 1.18. The predicted molar refractivity (Wildman–Crippen MR) is 131 cm³/mol. The van der Waals surface area contributed by atoms with Crippen LogP contribution >= 0.6 is 0 Å². The minimum atomic E-state index is -0.424. The molecule has 2 aromatic carbocycles. The lowest BCUT2D eigenvalue weighted by atomic mass is 10.1. The van der Waals surface area contributed by atoms with Crippen LogP contribution in [0, 0.1) is 0 Å². The zero-order chi connectivity index (χ0) is 24.5. The van der Waals surface area contributed by atoms with Crippen LogP contribution in [0.2, 0.25) is 0 Å². The van der Waals surface area contributed by atoms with Crippen LogP contribution < -0.4 is 16.2 Å². The van der Waals surface area contributed by atoms with E-state index < -0.39 is 6.04 Å². The highest BCUT2D eigenvalue weighted by Crippen LogP contribution is 2.29. The summed E-state index contributed by atoms with van der Waals surface area (Å²) in [4.78, 5) is 21.7. The molecule has 36 heavy (non-hydrogen) atoms. The number of aromatic nitrogens is 6. The number of aliphatic hydroxyl groups is 1. The molecule has 0 spiro atoms. The first-order valence-electron chi connectivity index (χ1n) is 11.4. The Morgan fingerprint density at radius 1 is 1.14 bits per heavy atom. The molecule has 12 nitrogen and oxygen atoms in total. The van der Waals surface area contributed by atoms with Gasteiger partial charge < -0.3 is 24.9 Å². The van der Waals surface area contributed by atoms with Crippen molar-refractivity contribution < 1.29 is 14.3 Å². The highest BCUT2D eigenvalue weighted by Gasteiger charge is 2.20. The average Bonchev–Trinajstić information content (AvgIpc) is 3.55. The number of fused-ring (bicyclic) bond motifs is 3. The lowest BCUT2D eigenvalue weighted by Crippen LogP contribution is -2.30. The maximum absolute atomic E-state index is 12.7. The van der Waals surface area contributed by atoms with E-state index in [0.717, 1.165) is 11.1 Å². The third-order valence-corrected chi connectivity index (χ3v) is 6.02. The van der Waals surface area contributed by atoms with E-state index in [1.807, 2.05) is 41.1 Å². The molecule has 12 heteroatoms. The molecule has 0 bridgehead atoms. The molecule has 1 atom stereocenters. The monoisotopic (exact) mass is 486 g/mol. The Morgan fingerprint density at radius 2 is 2.03 bits per heavy atom. The van der Waals surface area contributed by atoms with Gasteiger partial charge in [0.2, 0.25) is 12.3 Å². The molecule has 0 amide bonds. The molecule has 0 radical (unpaired) electrons. The van der Waals surface area contributed by atoms with Gasteiger partial charge in [0.1, 0.15) is 12.5 Å². The van der Waals surface area contributed by atoms with Crippen molar-refractivity contribution in [2.45, 2.75) is 19.3 Å². The van der Waals surface area contributed by atoms with E-state index in [1.54, 1.807) is 23.0 Å². The van der Waals surface area contributed by atoms with Gasteiger partial charge in [0.05, 0.1) is 42.3 Å². The number of nitrogens with one attached hydrogen (secondary N) is 2. The van der Waals surface area contributed by atoms with Crippen molar-refractivity contribution in [3.05, 3.63) is 77.0 Å². The molecule has 3 aromatic heterocycles. The maximum Gasteiger partial charge on any atom is 0.274 e. The van der Waals surface area contributed by atoms with Crippen LogP contribution in [0.3, 0.4) is 0 Å². The lowest BCUT2D eigenvalue weighted by Gasteiger charge is -2.19. The summed E-state index contributed by atoms with van der Waals surface area (Å²) >= 11 is 0. The molecule has 0 aliphatic carbocycles. The van der Waals surface area contributed by atoms with Crippen LogP contribution in [0.1, 0.15) is 11.6 Å². The van der Waals surface area contributed by atoms with E-state index in [9.17, 15) is 9.90 Å². The fourth-order valence-electron chi connectivity index (χ4n) is 4.26. The minimum Gasteiger partial charge on any atom is -0.423 e. The Labute approximate surface area is 204 Å². The summed E-state index contributed by atoms with van der Waals surface area (Å²) in [7, 11) is 0. The normalized spacial score (nSPS) is 13.9. The first kappa shape index (κ1) is 21.9. The highest BCUT2D eigenvalue weighted by molar-refractivity contribution is 5.83. The van der Waals surface area contributed by atoms with Crippen molar-refractivity contribution in [1.29, 1.82) is 0 Å². The lowest BCUT2D eigenvalue weighted by molar-refractivity contribution is 0.0179. The molecule has 0 fully saturated rings. The van der Waals surface area contributed by atoms with Crippen molar-refractivity contribution >= 4 is 28.4 Å². The van der Waals surface area contributed by atoms with E-state index in [0.29, 0.717) is 48.3 Å². The Kier molecular flexibility index (Phi) is 5.64. The molecule has 6 rings (SSSR count). The van der Waals surface area contributed by atoms with Gasteiger partial charge in [-0.1, -0.05) is 30.3 Å². The van der Waals surface area contributed by atoms with Crippen molar-refractivity contribution in [3.63, 3.8) is 0 Å². The predicted octanol–water partition coefficient (Wildman–Crippen LogP) is 2.52. The van der Waals surface area contributed by atoms with Gasteiger partial charge in [0.15, 0.2) is 0 Å². The first-order chi connectivity index (χ1) is 17.7. The summed E-state index contributed by atoms with van der Waals surface area (Å²) in [5, 5.41) is 24.9. The quantitative estimate of drug-likeness (QED) is 0.314. The van der Waals surface area contributed by atoms with Crippen LogP contribution in [0.15, 0.2) is 70.3 Å². The standard InChI is InChI=1S/C24H22N8O4/c33-12-19(15-4-2-1-3-5-15)28-21-18(22-30-26-13-36-22)11-25-24(29-21)27-16-6-7-17-20(10-16)32-14-35-9-8-31(32)23(17)34/h1-7,10-11,13,19,33H,8-9,12,14H2,(H2,25,27,28,29)/t19-/m1/s1. The van der Waals surface area contributed by atoms with E-state index in [-0.39, 0.29) is 18.1 Å². The van der Waals surface area contributed by atoms with Crippen LogP contribution in [0.5, 0.6) is 0 Å². The van der Waals surface area contributed by atoms with E-state index in [4.69, 9.17) is 9.15 Å². The fourth-order valence-corrected chi connectivity index (χ4v) is 4.26. The van der Waals surface area contributed by atoms with Gasteiger partial charge in [-0.15, -0.1) is 10.2 Å². The molecule has 0 saturated carbocycles. The average molecular weight is 486 g/mol. The SMILES string of the molecule is O=c1c2ccc(Nc3ncc(-c4nnco4)c(N[C@H](CO)c4ccccc4)n3)cc2n2n1CCOC2. The molecule has 0 unspecified atom stereocenters. The molecular weight excluding hydrogens is 464 g/mol. The van der Waals surface area contributed by atoms with Gasteiger partial charge >= 0.3 is 0 Å². The van der Waals surface area contributed by atoms with E-state index in [2.05, 4.69) is 30.8 Å². The second kappa shape index (κ2) is 9.24. The molecule has 3 N–H and O–H groups in total. The van der Waals surface area contributed by atoms with Gasteiger partial charge in [0.25, 0.3) is 11.4 Å².